The Morgan fingerprint density at radius 3 is 2.30 bits per heavy atom. The predicted molar refractivity (Wildman–Crippen MR) is 76.7 cm³/mol. The molecule has 0 amide bonds. The summed E-state index contributed by atoms with van der Waals surface area (Å²) >= 11 is 0. The van der Waals surface area contributed by atoms with Crippen molar-refractivity contribution in [2.75, 3.05) is 5.73 Å². The number of non-ortho nitro benzene ring substituents is 1. The molecule has 8 heteroatoms. The number of nitrogens with two attached hydrogens (primary N) is 1. The summed E-state index contributed by atoms with van der Waals surface area (Å²) in [5.74, 6) is 0. The summed E-state index contributed by atoms with van der Waals surface area (Å²) < 4.78 is 27.0. The lowest BCUT2D eigenvalue weighted by atomic mass is 9.89. The zero-order valence-electron chi connectivity index (χ0n) is 11.9. The van der Waals surface area contributed by atoms with Gasteiger partial charge in [0, 0.05) is 18.2 Å². The SMILES string of the molecule is CC(NS(=O)(=O)c1ccc([N+](=O)[O-])cc1N)C(C)(C)C. The van der Waals surface area contributed by atoms with Gasteiger partial charge in [0.15, 0.2) is 0 Å². The number of nitro groups is 1. The van der Waals surface area contributed by atoms with Crippen LogP contribution in [0.2, 0.25) is 0 Å². The second-order valence-corrected chi connectivity index (χ2v) is 7.37. The molecule has 1 atom stereocenters. The molecule has 1 aromatic carbocycles. The molecule has 0 spiro atoms. The molecule has 0 aliphatic heterocycles. The molecule has 0 aromatic heterocycles. The van der Waals surface area contributed by atoms with Gasteiger partial charge in [-0.3, -0.25) is 10.1 Å². The van der Waals surface area contributed by atoms with Gasteiger partial charge in [-0.05, 0) is 18.4 Å². The van der Waals surface area contributed by atoms with E-state index < -0.39 is 14.9 Å². The first-order valence-corrected chi connectivity index (χ1v) is 7.49. The minimum Gasteiger partial charge on any atom is -0.397 e. The van der Waals surface area contributed by atoms with E-state index in [1.807, 2.05) is 20.8 Å². The van der Waals surface area contributed by atoms with Gasteiger partial charge in [-0.2, -0.15) is 0 Å². The molecule has 0 radical (unpaired) electrons. The third kappa shape index (κ3) is 3.67. The van der Waals surface area contributed by atoms with Gasteiger partial charge in [0.2, 0.25) is 10.0 Å². The molecule has 0 fully saturated rings. The molecule has 1 rings (SSSR count). The van der Waals surface area contributed by atoms with E-state index in [0.29, 0.717) is 0 Å². The monoisotopic (exact) mass is 301 g/mol. The maximum absolute atomic E-state index is 12.2. The molecule has 20 heavy (non-hydrogen) atoms. The van der Waals surface area contributed by atoms with Crippen LogP contribution in [0.3, 0.4) is 0 Å². The van der Waals surface area contributed by atoms with E-state index in [4.69, 9.17) is 5.73 Å². The Hall–Kier alpha value is -1.67. The van der Waals surface area contributed by atoms with E-state index in [-0.39, 0.29) is 27.7 Å². The Kier molecular flexibility index (Phi) is 4.40. The minimum atomic E-state index is -3.81. The summed E-state index contributed by atoms with van der Waals surface area (Å²) in [6, 6.07) is 2.98. The fraction of sp³-hybridized carbons (Fsp3) is 0.500. The van der Waals surface area contributed by atoms with Crippen LogP contribution in [-0.2, 0) is 10.0 Å². The fourth-order valence-corrected chi connectivity index (χ4v) is 2.93. The summed E-state index contributed by atoms with van der Waals surface area (Å²) in [7, 11) is -3.81. The fourth-order valence-electron chi connectivity index (χ4n) is 1.37. The molecule has 0 heterocycles. The number of nitrogen functional groups attached to an aromatic ring is 1. The number of benzene rings is 1. The van der Waals surface area contributed by atoms with Crippen LogP contribution < -0.4 is 10.5 Å². The third-order valence-electron chi connectivity index (χ3n) is 3.12. The van der Waals surface area contributed by atoms with Crippen LogP contribution in [0.4, 0.5) is 11.4 Å². The predicted octanol–water partition coefficient (Wildman–Crippen LogP) is 1.89. The Labute approximate surface area is 118 Å². The number of hydrogen-bond donors (Lipinski definition) is 2. The zero-order chi connectivity index (χ0) is 15.7. The van der Waals surface area contributed by atoms with Gasteiger partial charge in [0.1, 0.15) is 4.90 Å². The molecule has 0 bridgehead atoms. The average Bonchev–Trinajstić information content (AvgIpc) is 2.26. The molecule has 3 N–H and O–H groups in total. The van der Waals surface area contributed by atoms with Gasteiger partial charge in [-0.1, -0.05) is 20.8 Å². The molecule has 0 aliphatic carbocycles. The third-order valence-corrected chi connectivity index (χ3v) is 4.74. The van der Waals surface area contributed by atoms with Crippen LogP contribution in [0, 0.1) is 15.5 Å². The number of nitrogens with zero attached hydrogens (tertiary/aromatic N) is 1. The molecular formula is C12H19N3O4S. The van der Waals surface area contributed by atoms with Crippen molar-refractivity contribution in [3.8, 4) is 0 Å². The number of nitrogens with one attached hydrogen (secondary N) is 1. The summed E-state index contributed by atoms with van der Waals surface area (Å²) in [6.07, 6.45) is 0. The van der Waals surface area contributed by atoms with Crippen LogP contribution in [0.15, 0.2) is 23.1 Å². The van der Waals surface area contributed by atoms with Gasteiger partial charge in [0.05, 0.1) is 10.6 Å². The van der Waals surface area contributed by atoms with E-state index in [2.05, 4.69) is 4.72 Å². The van der Waals surface area contributed by atoms with E-state index >= 15 is 0 Å². The standard InChI is InChI=1S/C12H19N3O4S/c1-8(12(2,3)4)14-20(18,19)11-6-5-9(15(16)17)7-10(11)13/h5-8,14H,13H2,1-4H3. The number of hydrogen-bond acceptors (Lipinski definition) is 5. The van der Waals surface area contributed by atoms with E-state index in [9.17, 15) is 18.5 Å². The van der Waals surface area contributed by atoms with Gasteiger partial charge < -0.3 is 5.73 Å². The Bertz CT molecular complexity index is 620. The lowest BCUT2D eigenvalue weighted by Gasteiger charge is -2.28. The van der Waals surface area contributed by atoms with Crippen LogP contribution in [0.5, 0.6) is 0 Å². The van der Waals surface area contributed by atoms with Crippen molar-refractivity contribution in [1.29, 1.82) is 0 Å². The highest BCUT2D eigenvalue weighted by Crippen LogP contribution is 2.26. The highest BCUT2D eigenvalue weighted by molar-refractivity contribution is 7.89. The normalized spacial score (nSPS) is 14.0. The molecule has 7 nitrogen and oxygen atoms in total. The summed E-state index contributed by atoms with van der Waals surface area (Å²) in [6.45, 7) is 7.46. The van der Waals surface area contributed by atoms with Crippen molar-refractivity contribution >= 4 is 21.4 Å². The van der Waals surface area contributed by atoms with Gasteiger partial charge in [0.25, 0.3) is 5.69 Å². The van der Waals surface area contributed by atoms with Crippen molar-refractivity contribution in [3.63, 3.8) is 0 Å². The highest BCUT2D eigenvalue weighted by atomic mass is 32.2. The lowest BCUT2D eigenvalue weighted by molar-refractivity contribution is -0.384. The molecular weight excluding hydrogens is 282 g/mol. The molecule has 0 saturated carbocycles. The van der Waals surface area contributed by atoms with E-state index in [1.165, 1.54) is 0 Å². The highest BCUT2D eigenvalue weighted by Gasteiger charge is 2.27. The Balaban J connectivity index is 3.14. The molecule has 0 aliphatic rings. The van der Waals surface area contributed by atoms with Crippen molar-refractivity contribution < 1.29 is 13.3 Å². The quantitative estimate of drug-likeness (QED) is 0.500. The van der Waals surface area contributed by atoms with Gasteiger partial charge >= 0.3 is 0 Å². The second kappa shape index (κ2) is 5.37. The minimum absolute atomic E-state index is 0.146. The first-order valence-electron chi connectivity index (χ1n) is 6.01. The smallest absolute Gasteiger partial charge is 0.271 e. The molecule has 0 saturated heterocycles. The van der Waals surface area contributed by atoms with Crippen LogP contribution >= 0.6 is 0 Å². The molecule has 1 unspecified atom stereocenters. The molecule has 1 aromatic rings. The maximum atomic E-state index is 12.2. The number of sulfonamides is 1. The maximum Gasteiger partial charge on any atom is 0.271 e. The summed E-state index contributed by atoms with van der Waals surface area (Å²) in [5, 5.41) is 10.6. The van der Waals surface area contributed by atoms with Crippen molar-refractivity contribution in [2.45, 2.75) is 38.6 Å². The second-order valence-electron chi connectivity index (χ2n) is 5.69. The van der Waals surface area contributed by atoms with Crippen molar-refractivity contribution in [1.82, 2.24) is 4.72 Å². The van der Waals surface area contributed by atoms with Crippen LogP contribution in [0.25, 0.3) is 0 Å². The summed E-state index contributed by atoms with van der Waals surface area (Å²) in [4.78, 5) is 9.83. The van der Waals surface area contributed by atoms with Crippen LogP contribution in [0.1, 0.15) is 27.7 Å². The zero-order valence-corrected chi connectivity index (χ0v) is 12.7. The first kappa shape index (κ1) is 16.4. The van der Waals surface area contributed by atoms with Gasteiger partial charge in [-0.25, -0.2) is 13.1 Å². The van der Waals surface area contributed by atoms with Gasteiger partial charge in [-0.15, -0.1) is 0 Å². The van der Waals surface area contributed by atoms with Crippen LogP contribution in [-0.4, -0.2) is 19.4 Å². The average molecular weight is 301 g/mol. The first-order chi connectivity index (χ1) is 8.95. The summed E-state index contributed by atoms with van der Waals surface area (Å²) in [5.41, 5.74) is 4.95. The lowest BCUT2D eigenvalue weighted by Crippen LogP contribution is -2.41. The van der Waals surface area contributed by atoms with E-state index in [1.54, 1.807) is 6.92 Å². The van der Waals surface area contributed by atoms with E-state index in [0.717, 1.165) is 18.2 Å². The Morgan fingerprint density at radius 2 is 1.90 bits per heavy atom. The van der Waals surface area contributed by atoms with Crippen molar-refractivity contribution in [3.05, 3.63) is 28.3 Å². The Morgan fingerprint density at radius 1 is 1.35 bits per heavy atom. The number of nitro benzene ring substituents is 1. The topological polar surface area (TPSA) is 115 Å². The largest absolute Gasteiger partial charge is 0.397 e. The molecule has 112 valence electrons. The van der Waals surface area contributed by atoms with Crippen molar-refractivity contribution in [2.24, 2.45) is 5.41 Å². The number of rotatable bonds is 4. The number of anilines is 1.